The molecule has 1 N–H and O–H groups in total. The Bertz CT molecular complexity index is 1080. The fraction of sp³-hybridized carbons (Fsp3) is 0.318. The lowest BCUT2D eigenvalue weighted by Crippen LogP contribution is -2.55. The van der Waals surface area contributed by atoms with E-state index in [-0.39, 0.29) is 31.5 Å². The molecule has 1 saturated heterocycles. The Hall–Kier alpha value is -3.69. The molecule has 8 nitrogen and oxygen atoms in total. The van der Waals surface area contributed by atoms with Crippen LogP contribution in [0.3, 0.4) is 0 Å². The van der Waals surface area contributed by atoms with E-state index in [9.17, 15) is 23.2 Å². The summed E-state index contributed by atoms with van der Waals surface area (Å²) < 4.78 is 37.9. The van der Waals surface area contributed by atoms with Crippen molar-refractivity contribution in [3.63, 3.8) is 0 Å². The molecular formula is C22H21F2N3O5. The minimum atomic E-state index is -0.823. The summed E-state index contributed by atoms with van der Waals surface area (Å²) in [6, 6.07) is 6.84. The van der Waals surface area contributed by atoms with Crippen LogP contribution >= 0.6 is 0 Å². The Kier molecular flexibility index (Phi) is 5.68. The van der Waals surface area contributed by atoms with Crippen molar-refractivity contribution in [3.8, 4) is 11.5 Å². The Balaban J connectivity index is 1.40. The molecule has 1 fully saturated rings. The van der Waals surface area contributed by atoms with E-state index in [1.807, 2.05) is 0 Å². The largest absolute Gasteiger partial charge is 0.491 e. The van der Waals surface area contributed by atoms with Gasteiger partial charge in [-0.05, 0) is 13.0 Å². The third-order valence-corrected chi connectivity index (χ3v) is 5.51. The quantitative estimate of drug-likeness (QED) is 0.442. The number of benzene rings is 2. The zero-order valence-electron chi connectivity index (χ0n) is 17.5. The molecule has 2 aromatic rings. The van der Waals surface area contributed by atoms with Gasteiger partial charge in [0.25, 0.3) is 0 Å². The first-order valence-corrected chi connectivity index (χ1v) is 10.0. The number of ether oxygens (including phenoxy) is 2. The molecule has 1 atom stereocenters. The smallest absolute Gasteiger partial charge is 0.315 e. The lowest BCUT2D eigenvalue weighted by Gasteiger charge is -2.41. The van der Waals surface area contributed by atoms with Gasteiger partial charge in [0.05, 0.1) is 13.5 Å². The molecule has 0 saturated carbocycles. The van der Waals surface area contributed by atoms with Gasteiger partial charge in [0.1, 0.15) is 5.75 Å². The number of anilines is 2. The molecule has 0 unspecified atom stereocenters. The molecule has 2 heterocycles. The Morgan fingerprint density at radius 2 is 1.88 bits per heavy atom. The highest BCUT2D eigenvalue weighted by molar-refractivity contribution is 6.39. The van der Waals surface area contributed by atoms with E-state index in [1.54, 1.807) is 24.0 Å². The van der Waals surface area contributed by atoms with Gasteiger partial charge >= 0.3 is 17.8 Å². The second-order valence-electron chi connectivity index (χ2n) is 7.66. The molecule has 2 amide bonds. The maximum Gasteiger partial charge on any atom is 0.315 e. The van der Waals surface area contributed by atoms with Crippen LogP contribution in [0.2, 0.25) is 0 Å². The van der Waals surface area contributed by atoms with E-state index in [2.05, 4.69) is 5.32 Å². The summed E-state index contributed by atoms with van der Waals surface area (Å²) in [5, 5.41) is 2.52. The van der Waals surface area contributed by atoms with Crippen LogP contribution in [0.25, 0.3) is 0 Å². The number of rotatable bonds is 3. The minimum Gasteiger partial charge on any atom is -0.491 e. The van der Waals surface area contributed by atoms with Crippen LogP contribution in [-0.2, 0) is 20.8 Å². The second kappa shape index (κ2) is 8.45. The molecule has 2 aromatic carbocycles. The summed E-state index contributed by atoms with van der Waals surface area (Å²) in [5.41, 5.74) is 1.39. The van der Waals surface area contributed by atoms with Gasteiger partial charge in [-0.1, -0.05) is 6.07 Å². The lowest BCUT2D eigenvalue weighted by atomic mass is 10.1. The highest BCUT2D eigenvalue weighted by Gasteiger charge is 2.31. The van der Waals surface area contributed by atoms with Crippen molar-refractivity contribution in [1.29, 1.82) is 0 Å². The van der Waals surface area contributed by atoms with E-state index < -0.39 is 29.2 Å². The lowest BCUT2D eigenvalue weighted by molar-refractivity contribution is -0.143. The first-order valence-electron chi connectivity index (χ1n) is 10.0. The maximum absolute atomic E-state index is 14.1. The molecule has 10 heteroatoms. The zero-order valence-corrected chi connectivity index (χ0v) is 17.5. The SMILES string of the molecule is COc1c(F)cc(N2CCN(C(=O)C(=O)Nc3ccc4c(c3)OC(=O)C4)C[C@H]2C)cc1F. The number of carbonyl (C=O) groups excluding carboxylic acids is 3. The van der Waals surface area contributed by atoms with Crippen LogP contribution in [0.15, 0.2) is 30.3 Å². The number of hydrogen-bond donors (Lipinski definition) is 1. The van der Waals surface area contributed by atoms with Crippen LogP contribution in [0.5, 0.6) is 11.5 Å². The number of esters is 1. The first-order chi connectivity index (χ1) is 15.3. The number of methoxy groups -OCH3 is 1. The number of fused-ring (bicyclic) bond motifs is 1. The van der Waals surface area contributed by atoms with Gasteiger partial charge < -0.3 is 24.6 Å². The van der Waals surface area contributed by atoms with Crippen molar-refractivity contribution in [2.24, 2.45) is 0 Å². The van der Waals surface area contributed by atoms with E-state index in [1.165, 1.54) is 30.2 Å². The Morgan fingerprint density at radius 3 is 2.53 bits per heavy atom. The number of amides is 2. The minimum absolute atomic E-state index is 0.173. The van der Waals surface area contributed by atoms with Crippen molar-refractivity contribution in [2.45, 2.75) is 19.4 Å². The topological polar surface area (TPSA) is 88.2 Å². The van der Waals surface area contributed by atoms with Crippen LogP contribution in [0.1, 0.15) is 12.5 Å². The molecule has 4 rings (SSSR count). The van der Waals surface area contributed by atoms with Crippen LogP contribution < -0.4 is 19.7 Å². The van der Waals surface area contributed by atoms with E-state index in [0.717, 1.165) is 5.56 Å². The summed E-state index contributed by atoms with van der Waals surface area (Å²) in [6.45, 7) is 2.49. The standard InChI is InChI=1S/C22H21F2N3O5/c1-12-11-26(5-6-27(12)15-9-16(23)20(31-2)17(24)10-15)22(30)21(29)25-14-4-3-13-7-19(28)32-18(13)8-14/h3-4,8-10,12H,5-7,11H2,1-2H3,(H,25,29)/t12-/m1/s1. The van der Waals surface area contributed by atoms with Crippen LogP contribution in [0.4, 0.5) is 20.2 Å². The van der Waals surface area contributed by atoms with E-state index in [4.69, 9.17) is 9.47 Å². The average molecular weight is 445 g/mol. The van der Waals surface area contributed by atoms with Crippen LogP contribution in [0, 0.1) is 11.6 Å². The van der Waals surface area contributed by atoms with Crippen LogP contribution in [-0.4, -0.2) is 55.5 Å². The number of nitrogens with zero attached hydrogens (tertiary/aromatic N) is 2. The Labute approximate surface area is 182 Å². The second-order valence-corrected chi connectivity index (χ2v) is 7.66. The number of carbonyl (C=O) groups is 3. The number of piperazine rings is 1. The van der Waals surface area contributed by atoms with Gasteiger partial charge in [0.2, 0.25) is 0 Å². The highest BCUT2D eigenvalue weighted by atomic mass is 19.1. The van der Waals surface area contributed by atoms with E-state index >= 15 is 0 Å². The monoisotopic (exact) mass is 445 g/mol. The van der Waals surface area contributed by atoms with Crippen molar-refractivity contribution in [1.82, 2.24) is 4.90 Å². The number of nitrogens with one attached hydrogen (secondary N) is 1. The summed E-state index contributed by atoms with van der Waals surface area (Å²) in [5.74, 6) is -3.63. The van der Waals surface area contributed by atoms with Crippen molar-refractivity contribution in [2.75, 3.05) is 37.0 Å². The molecule has 0 aromatic heterocycles. The zero-order chi connectivity index (χ0) is 23.0. The van der Waals surface area contributed by atoms with Crippen molar-refractivity contribution >= 4 is 29.2 Å². The molecule has 168 valence electrons. The summed E-state index contributed by atoms with van der Waals surface area (Å²) >= 11 is 0. The average Bonchev–Trinajstić information content (AvgIpc) is 3.12. The molecular weight excluding hydrogens is 424 g/mol. The predicted molar refractivity (Wildman–Crippen MR) is 111 cm³/mol. The molecule has 2 aliphatic rings. The highest BCUT2D eigenvalue weighted by Crippen LogP contribution is 2.30. The van der Waals surface area contributed by atoms with Gasteiger partial charge in [0.15, 0.2) is 17.4 Å². The number of halogens is 2. The predicted octanol–water partition coefficient (Wildman–Crippen LogP) is 2.11. The maximum atomic E-state index is 14.1. The fourth-order valence-electron chi connectivity index (χ4n) is 3.95. The summed E-state index contributed by atoms with van der Waals surface area (Å²) in [4.78, 5) is 39.6. The summed E-state index contributed by atoms with van der Waals surface area (Å²) in [6.07, 6.45) is 0.173. The molecule has 32 heavy (non-hydrogen) atoms. The molecule has 0 aliphatic carbocycles. The summed E-state index contributed by atoms with van der Waals surface area (Å²) in [7, 11) is 1.19. The van der Waals surface area contributed by atoms with Gasteiger partial charge in [0, 0.05) is 60.8 Å². The fourth-order valence-corrected chi connectivity index (χ4v) is 3.95. The van der Waals surface area contributed by atoms with Gasteiger partial charge in [-0.3, -0.25) is 14.4 Å². The van der Waals surface area contributed by atoms with Crippen molar-refractivity contribution < 1.29 is 32.6 Å². The third kappa shape index (κ3) is 4.08. The van der Waals surface area contributed by atoms with Gasteiger partial charge in [-0.25, -0.2) is 8.78 Å². The number of hydrogen-bond acceptors (Lipinski definition) is 6. The first kappa shape index (κ1) is 21.5. The molecule has 0 bridgehead atoms. The third-order valence-electron chi connectivity index (χ3n) is 5.51. The van der Waals surface area contributed by atoms with Gasteiger partial charge in [-0.2, -0.15) is 0 Å². The normalized spacial score (nSPS) is 17.6. The Morgan fingerprint density at radius 1 is 1.16 bits per heavy atom. The van der Waals surface area contributed by atoms with Crippen molar-refractivity contribution in [3.05, 3.63) is 47.5 Å². The molecule has 0 radical (unpaired) electrons. The molecule has 2 aliphatic heterocycles. The van der Waals surface area contributed by atoms with E-state index in [0.29, 0.717) is 23.7 Å². The molecule has 0 spiro atoms. The van der Waals surface area contributed by atoms with Gasteiger partial charge in [-0.15, -0.1) is 0 Å².